The number of hydrogen-bond donors (Lipinski definition) is 1. The van der Waals surface area contributed by atoms with Gasteiger partial charge in [-0.2, -0.15) is 13.2 Å². The highest BCUT2D eigenvalue weighted by Crippen LogP contribution is 2.29. The molecule has 1 aromatic heterocycles. The van der Waals surface area contributed by atoms with Crippen LogP contribution >= 0.6 is 15.9 Å². The minimum atomic E-state index is -4.54. The predicted octanol–water partition coefficient (Wildman–Crippen LogP) is 4.36. The van der Waals surface area contributed by atoms with E-state index in [-0.39, 0.29) is 55.0 Å². The molecule has 1 atom stereocenters. The molecule has 2 rings (SSSR count). The number of allylic oxidation sites excluding steroid dienone is 4. The number of carbonyl (C=O) groups excluding carboxylic acids is 1. The van der Waals surface area contributed by atoms with Crippen molar-refractivity contribution >= 4 is 21.8 Å². The first-order chi connectivity index (χ1) is 13.5. The van der Waals surface area contributed by atoms with Gasteiger partial charge >= 0.3 is 6.18 Å². The van der Waals surface area contributed by atoms with Gasteiger partial charge in [0.15, 0.2) is 5.69 Å². The first kappa shape index (κ1) is 23.3. The van der Waals surface area contributed by atoms with Crippen molar-refractivity contribution in [3.05, 3.63) is 52.1 Å². The van der Waals surface area contributed by atoms with Gasteiger partial charge in [-0.3, -0.25) is 4.79 Å². The highest BCUT2D eigenvalue weighted by atomic mass is 79.9. The predicted molar refractivity (Wildman–Crippen MR) is 101 cm³/mol. The molecule has 0 aromatic carbocycles. The highest BCUT2D eigenvalue weighted by molar-refractivity contribution is 9.11. The Morgan fingerprint density at radius 1 is 1.38 bits per heavy atom. The number of fused-ring (bicyclic) bond motifs is 1. The summed E-state index contributed by atoms with van der Waals surface area (Å²) in [4.78, 5) is 17.4. The van der Waals surface area contributed by atoms with Gasteiger partial charge in [-0.15, -0.1) is 0 Å². The standard InChI is InChI=1S/C18H20BrF5N4O/c1-11(7-14(21)13(19)2-3-20)6-12(25)8-17(29)28-5-4-27-9-15(18(22,23)24)26-16(27)10-28/h2-3,7,9,12H,4-6,8,10,25H2,1H3/b3-2+,11-7+,14-13-. The summed E-state index contributed by atoms with van der Waals surface area (Å²) in [7, 11) is 0. The third-order valence-electron chi connectivity index (χ3n) is 4.28. The van der Waals surface area contributed by atoms with Crippen molar-refractivity contribution < 1.29 is 26.7 Å². The van der Waals surface area contributed by atoms with E-state index < -0.39 is 23.7 Å². The largest absolute Gasteiger partial charge is 0.434 e. The van der Waals surface area contributed by atoms with Crippen LogP contribution in [-0.2, 0) is 24.1 Å². The topological polar surface area (TPSA) is 64.2 Å². The lowest BCUT2D eigenvalue weighted by atomic mass is 10.0. The van der Waals surface area contributed by atoms with Gasteiger partial charge < -0.3 is 15.2 Å². The Kier molecular flexibility index (Phi) is 7.75. The van der Waals surface area contributed by atoms with Gasteiger partial charge in [-0.1, -0.05) is 5.57 Å². The van der Waals surface area contributed by atoms with Gasteiger partial charge in [0.25, 0.3) is 0 Å². The van der Waals surface area contributed by atoms with Crippen molar-refractivity contribution in [1.29, 1.82) is 0 Å². The third-order valence-corrected chi connectivity index (χ3v) is 4.92. The third kappa shape index (κ3) is 6.49. The molecule has 29 heavy (non-hydrogen) atoms. The fraction of sp³-hybridized carbons (Fsp3) is 0.444. The van der Waals surface area contributed by atoms with Crippen LogP contribution in [0.4, 0.5) is 22.0 Å². The molecule has 160 valence electrons. The molecule has 0 aliphatic carbocycles. The van der Waals surface area contributed by atoms with Gasteiger partial charge in [0.2, 0.25) is 5.91 Å². The minimum Gasteiger partial charge on any atom is -0.333 e. The lowest BCUT2D eigenvalue weighted by Gasteiger charge is -2.28. The first-order valence-electron chi connectivity index (χ1n) is 8.67. The molecule has 0 spiro atoms. The van der Waals surface area contributed by atoms with E-state index in [1.54, 1.807) is 6.92 Å². The zero-order valence-corrected chi connectivity index (χ0v) is 17.1. The van der Waals surface area contributed by atoms with Crippen molar-refractivity contribution in [2.24, 2.45) is 5.73 Å². The van der Waals surface area contributed by atoms with E-state index in [1.807, 2.05) is 0 Å². The molecule has 1 aromatic rings. The van der Waals surface area contributed by atoms with Crippen molar-refractivity contribution in [3.8, 4) is 0 Å². The molecular weight excluding hydrogens is 463 g/mol. The van der Waals surface area contributed by atoms with Crippen LogP contribution in [0.2, 0.25) is 0 Å². The van der Waals surface area contributed by atoms with E-state index in [4.69, 9.17) is 5.73 Å². The summed E-state index contributed by atoms with van der Waals surface area (Å²) >= 11 is 2.88. The maximum Gasteiger partial charge on any atom is 0.434 e. The maximum absolute atomic E-state index is 13.8. The zero-order valence-electron chi connectivity index (χ0n) is 15.5. The lowest BCUT2D eigenvalue weighted by Crippen LogP contribution is -2.40. The zero-order chi connectivity index (χ0) is 21.8. The number of halogens is 6. The van der Waals surface area contributed by atoms with Crippen molar-refractivity contribution in [3.63, 3.8) is 0 Å². The number of imidazole rings is 1. The summed E-state index contributed by atoms with van der Waals surface area (Å²) in [6, 6.07) is -0.602. The fourth-order valence-electron chi connectivity index (χ4n) is 2.92. The number of aromatic nitrogens is 2. The van der Waals surface area contributed by atoms with Crippen LogP contribution < -0.4 is 5.73 Å². The molecule has 0 radical (unpaired) electrons. The molecule has 0 saturated carbocycles. The van der Waals surface area contributed by atoms with Gasteiger partial charge in [0, 0.05) is 31.7 Å². The number of hydrogen-bond acceptors (Lipinski definition) is 3. The average molecular weight is 483 g/mol. The Morgan fingerprint density at radius 3 is 2.69 bits per heavy atom. The molecule has 0 fully saturated rings. The molecule has 5 nitrogen and oxygen atoms in total. The summed E-state index contributed by atoms with van der Waals surface area (Å²) in [5.74, 6) is -0.830. The molecule has 1 unspecified atom stereocenters. The van der Waals surface area contributed by atoms with Crippen LogP contribution in [0, 0.1) is 0 Å². The van der Waals surface area contributed by atoms with Gasteiger partial charge in [0.1, 0.15) is 11.7 Å². The van der Waals surface area contributed by atoms with Gasteiger partial charge in [0.05, 0.1) is 17.4 Å². The van der Waals surface area contributed by atoms with Crippen molar-refractivity contribution in [1.82, 2.24) is 14.5 Å². The van der Waals surface area contributed by atoms with E-state index in [9.17, 15) is 26.7 Å². The van der Waals surface area contributed by atoms with Crippen molar-refractivity contribution in [2.45, 2.75) is 45.1 Å². The molecular formula is C18H20BrF5N4O. The monoisotopic (exact) mass is 482 g/mol. The van der Waals surface area contributed by atoms with E-state index in [0.717, 1.165) is 12.3 Å². The molecule has 0 saturated heterocycles. The second kappa shape index (κ2) is 9.66. The Bertz CT molecular complexity index is 844. The van der Waals surface area contributed by atoms with E-state index in [1.165, 1.54) is 15.5 Å². The Morgan fingerprint density at radius 2 is 2.07 bits per heavy atom. The van der Waals surface area contributed by atoms with Crippen LogP contribution in [0.1, 0.15) is 31.3 Å². The van der Waals surface area contributed by atoms with Crippen LogP contribution in [0.15, 0.2) is 40.6 Å². The normalized spacial score (nSPS) is 17.4. The lowest BCUT2D eigenvalue weighted by molar-refractivity contribution is -0.141. The summed E-state index contributed by atoms with van der Waals surface area (Å²) in [6.07, 6.45) is -1.13. The highest BCUT2D eigenvalue weighted by Gasteiger charge is 2.36. The molecule has 1 aliphatic heterocycles. The number of rotatable bonds is 6. The van der Waals surface area contributed by atoms with Crippen LogP contribution in [0.3, 0.4) is 0 Å². The summed E-state index contributed by atoms with van der Waals surface area (Å²) in [5.41, 5.74) is 5.54. The Balaban J connectivity index is 1.95. The average Bonchev–Trinajstić information content (AvgIpc) is 3.05. The quantitative estimate of drug-likeness (QED) is 0.484. The molecule has 0 bridgehead atoms. The summed E-state index contributed by atoms with van der Waals surface area (Å²) in [6.45, 7) is 2.06. The van der Waals surface area contributed by atoms with Gasteiger partial charge in [-0.05, 0) is 41.4 Å². The van der Waals surface area contributed by atoms with Crippen LogP contribution in [0.25, 0.3) is 0 Å². The number of carbonyl (C=O) groups is 1. The number of nitrogens with zero attached hydrogens (tertiary/aromatic N) is 3. The number of alkyl halides is 3. The number of amides is 1. The van der Waals surface area contributed by atoms with E-state index in [2.05, 4.69) is 20.9 Å². The van der Waals surface area contributed by atoms with E-state index in [0.29, 0.717) is 5.57 Å². The molecule has 1 amide bonds. The van der Waals surface area contributed by atoms with Gasteiger partial charge in [-0.25, -0.2) is 13.8 Å². The van der Waals surface area contributed by atoms with Crippen LogP contribution in [0.5, 0.6) is 0 Å². The summed E-state index contributed by atoms with van der Waals surface area (Å²) in [5, 5.41) is 0. The van der Waals surface area contributed by atoms with Crippen molar-refractivity contribution in [2.75, 3.05) is 6.54 Å². The van der Waals surface area contributed by atoms with E-state index >= 15 is 0 Å². The first-order valence-corrected chi connectivity index (χ1v) is 9.46. The smallest absolute Gasteiger partial charge is 0.333 e. The number of nitrogens with two attached hydrogens (primary N) is 1. The SMILES string of the molecule is C\C(=C/C(F)=C(Br)\C=C\F)CC(N)CC(=O)N1CCn2cc(C(F)(F)F)nc2C1. The molecule has 2 heterocycles. The minimum absolute atomic E-state index is 0.0314. The second-order valence-corrected chi connectivity index (χ2v) is 7.55. The maximum atomic E-state index is 13.8. The molecule has 11 heteroatoms. The van der Waals surface area contributed by atoms with Crippen LogP contribution in [-0.4, -0.2) is 32.9 Å². The Hall–Kier alpha value is -2.01. The summed E-state index contributed by atoms with van der Waals surface area (Å²) < 4.78 is 65.5. The second-order valence-electron chi connectivity index (χ2n) is 6.70. The molecule has 2 N–H and O–H groups in total. The fourth-order valence-corrected chi connectivity index (χ4v) is 3.13. The Labute approximate surface area is 172 Å². The molecule has 1 aliphatic rings.